The van der Waals surface area contributed by atoms with Crippen LogP contribution in [0.1, 0.15) is 5.69 Å². The number of ether oxygens (including phenoxy) is 1. The highest BCUT2D eigenvalue weighted by Crippen LogP contribution is 2.35. The van der Waals surface area contributed by atoms with Crippen LogP contribution in [-0.2, 0) is 23.7 Å². The lowest BCUT2D eigenvalue weighted by atomic mass is 10.3. The molecule has 0 saturated heterocycles. The summed E-state index contributed by atoms with van der Waals surface area (Å²) >= 11 is 9.19. The molecule has 2 rings (SSSR count). The Hall–Kier alpha value is -1.09. The number of nitrogens with two attached hydrogens (primary N) is 1. The van der Waals surface area contributed by atoms with Crippen LogP contribution in [0.15, 0.2) is 34.0 Å². The molecular formula is C11H11BrClN3O3S. The predicted octanol–water partition coefficient (Wildman–Crippen LogP) is 2.06. The van der Waals surface area contributed by atoms with E-state index in [1.165, 1.54) is 12.1 Å². The Morgan fingerprint density at radius 2 is 2.20 bits per heavy atom. The van der Waals surface area contributed by atoms with Crippen LogP contribution < -0.4 is 9.88 Å². The number of hydrogen-bond acceptors (Lipinski definition) is 4. The molecule has 0 bridgehead atoms. The lowest BCUT2D eigenvalue weighted by molar-refractivity contribution is 0.289. The van der Waals surface area contributed by atoms with Gasteiger partial charge in [-0.15, -0.1) is 0 Å². The SMILES string of the molecule is Cn1cncc1COc1c(Cl)cc(Br)cc1S(N)(=O)=O. The Labute approximate surface area is 129 Å². The van der Waals surface area contributed by atoms with Crippen LogP contribution in [-0.4, -0.2) is 18.0 Å². The summed E-state index contributed by atoms with van der Waals surface area (Å²) in [5.41, 5.74) is 0.768. The highest BCUT2D eigenvalue weighted by atomic mass is 79.9. The first-order valence-corrected chi connectivity index (χ1v) is 8.10. The molecule has 0 spiro atoms. The summed E-state index contributed by atoms with van der Waals surface area (Å²) in [4.78, 5) is 3.77. The van der Waals surface area contributed by atoms with E-state index in [2.05, 4.69) is 20.9 Å². The van der Waals surface area contributed by atoms with E-state index in [1.54, 1.807) is 24.1 Å². The van der Waals surface area contributed by atoms with Crippen molar-refractivity contribution in [2.75, 3.05) is 0 Å². The van der Waals surface area contributed by atoms with Gasteiger partial charge in [0.05, 0.1) is 23.2 Å². The van der Waals surface area contributed by atoms with Gasteiger partial charge in [0.25, 0.3) is 0 Å². The molecule has 1 heterocycles. The predicted molar refractivity (Wildman–Crippen MR) is 78.1 cm³/mol. The highest BCUT2D eigenvalue weighted by Gasteiger charge is 2.20. The molecule has 0 fully saturated rings. The third-order valence-corrected chi connectivity index (χ3v) is 4.22. The maximum atomic E-state index is 11.6. The zero-order chi connectivity index (χ0) is 14.9. The molecule has 1 aromatic carbocycles. The normalized spacial score (nSPS) is 11.6. The summed E-state index contributed by atoms with van der Waals surface area (Å²) in [7, 11) is -2.14. The molecule has 0 aliphatic carbocycles. The molecule has 0 aliphatic heterocycles. The van der Waals surface area contributed by atoms with E-state index in [0.29, 0.717) is 4.47 Å². The lowest BCUT2D eigenvalue weighted by Crippen LogP contribution is -2.14. The number of aryl methyl sites for hydroxylation is 1. The second-order valence-electron chi connectivity index (χ2n) is 4.04. The molecular weight excluding hydrogens is 370 g/mol. The maximum Gasteiger partial charge on any atom is 0.241 e. The van der Waals surface area contributed by atoms with Crippen molar-refractivity contribution < 1.29 is 13.2 Å². The van der Waals surface area contributed by atoms with Gasteiger partial charge in [0, 0.05) is 11.5 Å². The number of imidazole rings is 1. The molecule has 0 atom stereocenters. The van der Waals surface area contributed by atoms with Gasteiger partial charge in [-0.2, -0.15) is 0 Å². The molecule has 108 valence electrons. The number of sulfonamides is 1. The lowest BCUT2D eigenvalue weighted by Gasteiger charge is -2.12. The van der Waals surface area contributed by atoms with Crippen LogP contribution in [0.2, 0.25) is 5.02 Å². The van der Waals surface area contributed by atoms with Gasteiger partial charge in [0.2, 0.25) is 10.0 Å². The average Bonchev–Trinajstić information content (AvgIpc) is 2.72. The van der Waals surface area contributed by atoms with Crippen molar-refractivity contribution in [1.82, 2.24) is 9.55 Å². The third-order valence-electron chi connectivity index (χ3n) is 2.56. The quantitative estimate of drug-likeness (QED) is 0.879. The Bertz CT molecular complexity index is 745. The van der Waals surface area contributed by atoms with Crippen molar-refractivity contribution in [3.05, 3.63) is 39.8 Å². The number of nitrogens with zero attached hydrogens (tertiary/aromatic N) is 2. The van der Waals surface area contributed by atoms with E-state index in [1.807, 2.05) is 0 Å². The number of benzene rings is 1. The van der Waals surface area contributed by atoms with Crippen LogP contribution >= 0.6 is 27.5 Å². The minimum Gasteiger partial charge on any atom is -0.484 e. The summed E-state index contributed by atoms with van der Waals surface area (Å²) in [6.45, 7) is 0.125. The monoisotopic (exact) mass is 379 g/mol. The summed E-state index contributed by atoms with van der Waals surface area (Å²) in [5.74, 6) is 0.0265. The van der Waals surface area contributed by atoms with Gasteiger partial charge in [0.1, 0.15) is 11.5 Å². The Balaban J connectivity index is 2.38. The van der Waals surface area contributed by atoms with Gasteiger partial charge in [-0.05, 0) is 12.1 Å². The molecule has 0 amide bonds. The van der Waals surface area contributed by atoms with Crippen LogP contribution in [0, 0.1) is 0 Å². The summed E-state index contributed by atoms with van der Waals surface area (Å²) in [6.07, 6.45) is 3.23. The standard InChI is InChI=1S/C11H11BrClN3O3S/c1-16-6-15-4-8(16)5-19-11-9(13)2-7(12)3-10(11)20(14,17)18/h2-4,6H,5H2,1H3,(H2,14,17,18). The van der Waals surface area contributed by atoms with E-state index in [0.717, 1.165) is 5.69 Å². The minimum absolute atomic E-state index is 0.0265. The first-order chi connectivity index (χ1) is 9.29. The largest absolute Gasteiger partial charge is 0.484 e. The van der Waals surface area contributed by atoms with Crippen molar-refractivity contribution >= 4 is 37.6 Å². The number of halogens is 2. The van der Waals surface area contributed by atoms with Crippen molar-refractivity contribution in [2.24, 2.45) is 12.2 Å². The van der Waals surface area contributed by atoms with E-state index in [4.69, 9.17) is 21.5 Å². The number of primary sulfonamides is 1. The Morgan fingerprint density at radius 1 is 1.50 bits per heavy atom. The molecule has 0 radical (unpaired) electrons. The zero-order valence-corrected chi connectivity index (χ0v) is 13.5. The fraction of sp³-hybridized carbons (Fsp3) is 0.182. The van der Waals surface area contributed by atoms with Gasteiger partial charge in [0.15, 0.2) is 5.75 Å². The number of rotatable bonds is 4. The number of hydrogen-bond donors (Lipinski definition) is 1. The molecule has 9 heteroatoms. The van der Waals surface area contributed by atoms with E-state index < -0.39 is 10.0 Å². The topological polar surface area (TPSA) is 87.2 Å². The fourth-order valence-corrected chi connectivity index (χ4v) is 3.35. The first kappa shape index (κ1) is 15.3. The van der Waals surface area contributed by atoms with Crippen molar-refractivity contribution in [3.63, 3.8) is 0 Å². The molecule has 6 nitrogen and oxygen atoms in total. The second kappa shape index (κ2) is 5.72. The summed E-state index contributed by atoms with van der Waals surface area (Å²) in [5, 5.41) is 5.33. The molecule has 0 aliphatic rings. The maximum absolute atomic E-state index is 11.6. The van der Waals surface area contributed by atoms with Crippen molar-refractivity contribution in [3.8, 4) is 5.75 Å². The number of aromatic nitrogens is 2. The molecule has 1 aromatic heterocycles. The van der Waals surface area contributed by atoms with Crippen molar-refractivity contribution in [1.29, 1.82) is 0 Å². The third kappa shape index (κ3) is 3.32. The van der Waals surface area contributed by atoms with E-state index >= 15 is 0 Å². The average molecular weight is 381 g/mol. The van der Waals surface area contributed by atoms with Gasteiger partial charge in [-0.3, -0.25) is 0 Å². The minimum atomic E-state index is -3.94. The van der Waals surface area contributed by atoms with Crippen LogP contribution in [0.3, 0.4) is 0 Å². The molecule has 20 heavy (non-hydrogen) atoms. The second-order valence-corrected chi connectivity index (χ2v) is 6.90. The molecule has 2 N–H and O–H groups in total. The fourth-order valence-electron chi connectivity index (χ4n) is 1.56. The smallest absolute Gasteiger partial charge is 0.241 e. The van der Waals surface area contributed by atoms with Crippen molar-refractivity contribution in [2.45, 2.75) is 11.5 Å². The van der Waals surface area contributed by atoms with Gasteiger partial charge >= 0.3 is 0 Å². The van der Waals surface area contributed by atoms with E-state index in [9.17, 15) is 8.42 Å². The van der Waals surface area contributed by atoms with Gasteiger partial charge in [-0.25, -0.2) is 18.5 Å². The van der Waals surface area contributed by atoms with Gasteiger partial charge in [-0.1, -0.05) is 27.5 Å². The Morgan fingerprint density at radius 3 is 2.75 bits per heavy atom. The summed E-state index contributed by atoms with van der Waals surface area (Å²) in [6, 6.07) is 2.88. The van der Waals surface area contributed by atoms with Gasteiger partial charge < -0.3 is 9.30 Å². The highest BCUT2D eigenvalue weighted by molar-refractivity contribution is 9.10. The first-order valence-electron chi connectivity index (χ1n) is 5.39. The molecule has 0 unspecified atom stereocenters. The van der Waals surface area contributed by atoms with Crippen LogP contribution in [0.5, 0.6) is 5.75 Å². The summed E-state index contributed by atoms with van der Waals surface area (Å²) < 4.78 is 30.9. The van der Waals surface area contributed by atoms with E-state index in [-0.39, 0.29) is 22.3 Å². The zero-order valence-electron chi connectivity index (χ0n) is 10.4. The Kier molecular flexibility index (Phi) is 4.38. The van der Waals surface area contributed by atoms with Crippen LogP contribution in [0.25, 0.3) is 0 Å². The molecule has 2 aromatic rings. The van der Waals surface area contributed by atoms with Crippen LogP contribution in [0.4, 0.5) is 0 Å². The molecule has 0 saturated carbocycles.